The van der Waals surface area contributed by atoms with Crippen LogP contribution in [0.3, 0.4) is 0 Å². The summed E-state index contributed by atoms with van der Waals surface area (Å²) in [4.78, 5) is 15.3. The van der Waals surface area contributed by atoms with E-state index < -0.39 is 11.9 Å². The molecule has 1 aromatic carbocycles. The van der Waals surface area contributed by atoms with Crippen molar-refractivity contribution in [3.05, 3.63) is 29.7 Å². The number of hydrogen-bond donors (Lipinski definition) is 1. The van der Waals surface area contributed by atoms with Gasteiger partial charge >= 0.3 is 5.97 Å². The lowest BCUT2D eigenvalue weighted by molar-refractivity contribution is -0.138. The fourth-order valence-electron chi connectivity index (χ4n) is 1.88. The maximum absolute atomic E-state index is 10.9. The molecule has 4 heteroatoms. The summed E-state index contributed by atoms with van der Waals surface area (Å²) in [5, 5.41) is 8.96. The summed E-state index contributed by atoms with van der Waals surface area (Å²) in [6.07, 6.45) is 2.29. The van der Waals surface area contributed by atoms with Gasteiger partial charge in [0.1, 0.15) is 5.52 Å². The monoisotopic (exact) mass is 231 g/mol. The number of nitrogens with zero attached hydrogens (tertiary/aromatic N) is 1. The van der Waals surface area contributed by atoms with Gasteiger partial charge in [-0.2, -0.15) is 0 Å². The van der Waals surface area contributed by atoms with Crippen molar-refractivity contribution >= 4 is 17.1 Å². The Balaban J connectivity index is 2.02. The predicted molar refractivity (Wildman–Crippen MR) is 62.0 cm³/mol. The Labute approximate surface area is 98.3 Å². The van der Waals surface area contributed by atoms with E-state index in [1.54, 1.807) is 19.1 Å². The number of benzene rings is 1. The molecule has 0 aliphatic heterocycles. The molecule has 1 unspecified atom stereocenters. The zero-order valence-corrected chi connectivity index (χ0v) is 9.51. The number of fused-ring (bicyclic) bond motifs is 1. The van der Waals surface area contributed by atoms with Gasteiger partial charge in [0.15, 0.2) is 11.5 Å². The number of aromatic nitrogens is 1. The first kappa shape index (κ1) is 10.3. The van der Waals surface area contributed by atoms with E-state index in [1.165, 1.54) is 0 Å². The molecule has 1 heterocycles. The predicted octanol–water partition coefficient (Wildman–Crippen LogP) is 2.89. The fourth-order valence-corrected chi connectivity index (χ4v) is 1.88. The van der Waals surface area contributed by atoms with Crippen LogP contribution in [0, 0.1) is 0 Å². The molecule has 4 nitrogen and oxygen atoms in total. The lowest BCUT2D eigenvalue weighted by Gasteiger charge is -2.04. The molecule has 0 radical (unpaired) electrons. The number of oxazole rings is 1. The highest BCUT2D eigenvalue weighted by Gasteiger charge is 2.29. The van der Waals surface area contributed by atoms with Gasteiger partial charge in [0.25, 0.3) is 0 Å². The lowest BCUT2D eigenvalue weighted by atomic mass is 10.0. The second-order valence-electron chi connectivity index (χ2n) is 4.61. The highest BCUT2D eigenvalue weighted by atomic mass is 16.4. The number of carboxylic acid groups (broad SMARTS) is 1. The Bertz CT molecular complexity index is 583. The molecular weight excluding hydrogens is 218 g/mol. The van der Waals surface area contributed by atoms with Gasteiger partial charge in [0.05, 0.1) is 5.92 Å². The van der Waals surface area contributed by atoms with Crippen LogP contribution in [0.25, 0.3) is 11.1 Å². The topological polar surface area (TPSA) is 63.3 Å². The molecule has 0 bridgehead atoms. The molecular formula is C13H13NO3. The zero-order chi connectivity index (χ0) is 12.0. The van der Waals surface area contributed by atoms with Crippen LogP contribution in [0.1, 0.15) is 43.1 Å². The summed E-state index contributed by atoms with van der Waals surface area (Å²) in [6.45, 7) is 1.67. The molecule has 3 rings (SSSR count). The second-order valence-corrected chi connectivity index (χ2v) is 4.61. The van der Waals surface area contributed by atoms with Crippen LogP contribution in [0.15, 0.2) is 22.6 Å². The number of hydrogen-bond acceptors (Lipinski definition) is 3. The number of carboxylic acids is 1. The van der Waals surface area contributed by atoms with E-state index in [-0.39, 0.29) is 0 Å². The standard InChI is InChI=1S/C13H13NO3/c1-7(13(15)16)9-4-5-10-11(6-9)17-12(14-10)8-2-3-8/h4-8H,2-3H2,1H3,(H,15,16). The first-order valence-electron chi connectivity index (χ1n) is 5.78. The minimum absolute atomic E-state index is 0.475. The van der Waals surface area contributed by atoms with E-state index in [1.807, 2.05) is 6.07 Å². The Morgan fingerprint density at radius 1 is 1.53 bits per heavy atom. The SMILES string of the molecule is CC(C(=O)O)c1ccc2nc(C3CC3)oc2c1. The highest BCUT2D eigenvalue weighted by molar-refractivity contribution is 5.79. The molecule has 1 atom stereocenters. The Kier molecular flexibility index (Phi) is 2.18. The second kappa shape index (κ2) is 3.58. The van der Waals surface area contributed by atoms with Gasteiger partial charge in [-0.15, -0.1) is 0 Å². The molecule has 17 heavy (non-hydrogen) atoms. The van der Waals surface area contributed by atoms with Crippen molar-refractivity contribution in [3.63, 3.8) is 0 Å². The van der Waals surface area contributed by atoms with Crippen LogP contribution in [-0.4, -0.2) is 16.1 Å². The summed E-state index contributed by atoms with van der Waals surface area (Å²) in [5.41, 5.74) is 2.26. The van der Waals surface area contributed by atoms with E-state index >= 15 is 0 Å². The molecule has 1 aromatic heterocycles. The highest BCUT2D eigenvalue weighted by Crippen LogP contribution is 2.40. The van der Waals surface area contributed by atoms with Crippen LogP contribution in [0.4, 0.5) is 0 Å². The van der Waals surface area contributed by atoms with Gasteiger partial charge in [0, 0.05) is 5.92 Å². The van der Waals surface area contributed by atoms with Gasteiger partial charge in [-0.3, -0.25) is 4.79 Å². The molecule has 0 spiro atoms. The van der Waals surface area contributed by atoms with Crippen molar-refractivity contribution in [2.45, 2.75) is 31.6 Å². The number of rotatable bonds is 3. The molecule has 1 fully saturated rings. The zero-order valence-electron chi connectivity index (χ0n) is 9.51. The maximum Gasteiger partial charge on any atom is 0.310 e. The molecule has 1 saturated carbocycles. The third kappa shape index (κ3) is 1.79. The number of carbonyl (C=O) groups is 1. The van der Waals surface area contributed by atoms with Crippen LogP contribution in [0.2, 0.25) is 0 Å². The summed E-state index contributed by atoms with van der Waals surface area (Å²) >= 11 is 0. The minimum atomic E-state index is -0.828. The summed E-state index contributed by atoms with van der Waals surface area (Å²) in [7, 11) is 0. The molecule has 1 N–H and O–H groups in total. The summed E-state index contributed by atoms with van der Waals surface area (Å²) in [6, 6.07) is 5.42. The van der Waals surface area contributed by atoms with Crippen LogP contribution < -0.4 is 0 Å². The normalized spacial score (nSPS) is 17.2. The van der Waals surface area contributed by atoms with E-state index in [2.05, 4.69) is 4.98 Å². The van der Waals surface area contributed by atoms with Crippen LogP contribution in [-0.2, 0) is 4.79 Å². The Hall–Kier alpha value is -1.84. The summed E-state index contributed by atoms with van der Waals surface area (Å²) < 4.78 is 5.66. The molecule has 2 aromatic rings. The first-order valence-corrected chi connectivity index (χ1v) is 5.78. The van der Waals surface area contributed by atoms with Gasteiger partial charge in [0.2, 0.25) is 0 Å². The Morgan fingerprint density at radius 2 is 2.29 bits per heavy atom. The molecule has 0 amide bonds. The quantitative estimate of drug-likeness (QED) is 0.882. The third-order valence-electron chi connectivity index (χ3n) is 3.23. The fraction of sp³-hybridized carbons (Fsp3) is 0.385. The largest absolute Gasteiger partial charge is 0.481 e. The Morgan fingerprint density at radius 3 is 2.94 bits per heavy atom. The van der Waals surface area contributed by atoms with Crippen LogP contribution >= 0.6 is 0 Å². The first-order chi connectivity index (χ1) is 8.15. The van der Waals surface area contributed by atoms with Crippen molar-refractivity contribution in [3.8, 4) is 0 Å². The molecule has 88 valence electrons. The average molecular weight is 231 g/mol. The van der Waals surface area contributed by atoms with Crippen molar-refractivity contribution in [1.82, 2.24) is 4.98 Å². The van der Waals surface area contributed by atoms with Crippen LogP contribution in [0.5, 0.6) is 0 Å². The van der Waals surface area contributed by atoms with Crippen molar-refractivity contribution in [2.75, 3.05) is 0 Å². The third-order valence-corrected chi connectivity index (χ3v) is 3.23. The molecule has 0 saturated heterocycles. The molecule has 1 aliphatic rings. The molecule has 1 aliphatic carbocycles. The van der Waals surface area contributed by atoms with E-state index in [4.69, 9.17) is 9.52 Å². The van der Waals surface area contributed by atoms with Gasteiger partial charge in [-0.25, -0.2) is 4.98 Å². The average Bonchev–Trinajstić information content (AvgIpc) is 3.07. The van der Waals surface area contributed by atoms with Crippen molar-refractivity contribution < 1.29 is 14.3 Å². The van der Waals surface area contributed by atoms with Gasteiger partial charge < -0.3 is 9.52 Å². The number of aliphatic carboxylic acids is 1. The lowest BCUT2D eigenvalue weighted by Crippen LogP contribution is -2.06. The van der Waals surface area contributed by atoms with E-state index in [0.29, 0.717) is 11.5 Å². The minimum Gasteiger partial charge on any atom is -0.481 e. The van der Waals surface area contributed by atoms with Gasteiger partial charge in [-0.05, 0) is 37.5 Å². The summed E-state index contributed by atoms with van der Waals surface area (Å²) in [5.74, 6) is -0.0805. The maximum atomic E-state index is 10.9. The smallest absolute Gasteiger partial charge is 0.310 e. The van der Waals surface area contributed by atoms with Crippen molar-refractivity contribution in [2.24, 2.45) is 0 Å². The van der Waals surface area contributed by atoms with E-state index in [0.717, 1.165) is 29.8 Å². The van der Waals surface area contributed by atoms with E-state index in [9.17, 15) is 4.79 Å². The van der Waals surface area contributed by atoms with Crippen molar-refractivity contribution in [1.29, 1.82) is 0 Å². The van der Waals surface area contributed by atoms with Gasteiger partial charge in [-0.1, -0.05) is 6.07 Å².